The van der Waals surface area contributed by atoms with E-state index in [4.69, 9.17) is 23.2 Å². The van der Waals surface area contributed by atoms with Crippen molar-refractivity contribution in [2.24, 2.45) is 5.92 Å². The lowest BCUT2D eigenvalue weighted by Gasteiger charge is -2.40. The van der Waals surface area contributed by atoms with Gasteiger partial charge in [-0.15, -0.1) is 0 Å². The van der Waals surface area contributed by atoms with Crippen molar-refractivity contribution in [3.05, 3.63) is 58.6 Å². The van der Waals surface area contributed by atoms with Gasteiger partial charge in [0.15, 0.2) is 0 Å². The van der Waals surface area contributed by atoms with Crippen LogP contribution in [0, 0.1) is 5.92 Å². The maximum atomic E-state index is 13.6. The van der Waals surface area contributed by atoms with Crippen LogP contribution in [0.15, 0.2) is 43.0 Å². The molecule has 2 unspecified atom stereocenters. The number of halogens is 2. The van der Waals surface area contributed by atoms with Crippen molar-refractivity contribution >= 4 is 35.1 Å². The van der Waals surface area contributed by atoms with Crippen LogP contribution in [0.1, 0.15) is 30.1 Å². The zero-order valence-corrected chi connectivity index (χ0v) is 17.9. The molecule has 0 spiro atoms. The summed E-state index contributed by atoms with van der Waals surface area (Å²) < 4.78 is 0. The summed E-state index contributed by atoms with van der Waals surface area (Å²) in [6, 6.07) is 5.13. The van der Waals surface area contributed by atoms with Gasteiger partial charge in [-0.1, -0.05) is 30.1 Å². The highest BCUT2D eigenvalue weighted by Crippen LogP contribution is 2.28. The van der Waals surface area contributed by atoms with E-state index in [1.165, 1.54) is 4.80 Å². The van der Waals surface area contributed by atoms with Crippen molar-refractivity contribution in [2.45, 2.75) is 25.8 Å². The molecule has 1 aliphatic rings. The molecule has 1 aliphatic heterocycles. The number of rotatable bonds is 5. The molecule has 156 valence electrons. The van der Waals surface area contributed by atoms with Crippen LogP contribution < -0.4 is 5.32 Å². The number of carbonyl (C=O) groups is 1. The third kappa shape index (κ3) is 4.39. The van der Waals surface area contributed by atoms with Crippen LogP contribution in [-0.4, -0.2) is 54.9 Å². The Morgan fingerprint density at radius 2 is 1.90 bits per heavy atom. The van der Waals surface area contributed by atoms with Crippen molar-refractivity contribution < 1.29 is 4.79 Å². The Morgan fingerprint density at radius 3 is 2.63 bits per heavy atom. The predicted octanol–water partition coefficient (Wildman–Crippen LogP) is 3.72. The second-order valence-electron chi connectivity index (χ2n) is 7.27. The minimum atomic E-state index is -0.0747. The molecule has 0 bridgehead atoms. The fraction of sp³-hybridized carbons (Fsp3) is 0.350. The number of carbonyl (C=O) groups excluding carboxylic acids is 1. The number of hydrogen-bond acceptors (Lipinski definition) is 6. The monoisotopic (exact) mass is 445 g/mol. The molecule has 1 saturated heterocycles. The molecule has 8 nitrogen and oxygen atoms in total. The topological polar surface area (TPSA) is 88.8 Å². The summed E-state index contributed by atoms with van der Waals surface area (Å²) in [4.78, 5) is 25.3. The molecule has 2 atom stereocenters. The van der Waals surface area contributed by atoms with Crippen molar-refractivity contribution in [1.29, 1.82) is 0 Å². The van der Waals surface area contributed by atoms with Gasteiger partial charge in [0.05, 0.1) is 47.1 Å². The third-order valence-corrected chi connectivity index (χ3v) is 5.72. The Bertz CT molecular complexity index is 1010. The molecule has 10 heteroatoms. The maximum Gasteiger partial charge on any atom is 0.256 e. The number of benzene rings is 1. The number of aromatic nitrogens is 5. The molecule has 1 aromatic carbocycles. The van der Waals surface area contributed by atoms with Crippen LogP contribution in [0.4, 0.5) is 5.95 Å². The third-order valence-electron chi connectivity index (χ3n) is 5.29. The number of likely N-dealkylation sites (tertiary alicyclic amines) is 1. The first-order chi connectivity index (χ1) is 14.5. The number of piperidine rings is 1. The minimum absolute atomic E-state index is 0.0142. The summed E-state index contributed by atoms with van der Waals surface area (Å²) in [5.41, 5.74) is 1.07. The summed E-state index contributed by atoms with van der Waals surface area (Å²) in [5.74, 6) is 0.730. The average Bonchev–Trinajstić information content (AvgIpc) is 3.28. The van der Waals surface area contributed by atoms with Crippen LogP contribution >= 0.6 is 23.2 Å². The van der Waals surface area contributed by atoms with Gasteiger partial charge in [0.2, 0.25) is 5.95 Å². The van der Waals surface area contributed by atoms with Crippen molar-refractivity contribution in [3.63, 3.8) is 0 Å². The van der Waals surface area contributed by atoms with E-state index in [2.05, 4.69) is 32.4 Å². The highest BCUT2D eigenvalue weighted by molar-refractivity contribution is 6.31. The van der Waals surface area contributed by atoms with Gasteiger partial charge < -0.3 is 10.2 Å². The minimum Gasteiger partial charge on any atom is -0.352 e. The zero-order valence-electron chi connectivity index (χ0n) is 16.4. The number of anilines is 1. The van der Waals surface area contributed by atoms with Gasteiger partial charge in [-0.05, 0) is 37.0 Å². The largest absolute Gasteiger partial charge is 0.352 e. The van der Waals surface area contributed by atoms with Gasteiger partial charge in [0.1, 0.15) is 0 Å². The standard InChI is InChI=1S/C20H21Cl2N7O/c1-13-3-2-8-28(18(13)12-25-20-23-10-15(22)11-24-20)19(30)16-5-4-14(21)9-17(16)29-26-6-7-27-29/h4-7,9-11,13,18H,2-3,8,12H2,1H3,(H,23,24,25). The summed E-state index contributed by atoms with van der Waals surface area (Å²) >= 11 is 12.0. The number of amides is 1. The van der Waals surface area contributed by atoms with Crippen LogP contribution in [0.5, 0.6) is 0 Å². The zero-order chi connectivity index (χ0) is 21.1. The molecule has 30 heavy (non-hydrogen) atoms. The lowest BCUT2D eigenvalue weighted by Crippen LogP contribution is -2.51. The van der Waals surface area contributed by atoms with E-state index in [1.54, 1.807) is 43.0 Å². The summed E-state index contributed by atoms with van der Waals surface area (Å²) in [6.45, 7) is 3.37. The smallest absolute Gasteiger partial charge is 0.256 e. The van der Waals surface area contributed by atoms with Crippen LogP contribution in [0.25, 0.3) is 5.69 Å². The van der Waals surface area contributed by atoms with Crippen LogP contribution in [0.2, 0.25) is 10.0 Å². The van der Waals surface area contributed by atoms with Gasteiger partial charge in [-0.3, -0.25) is 4.79 Å². The van der Waals surface area contributed by atoms with Crippen molar-refractivity contribution in [1.82, 2.24) is 29.9 Å². The average molecular weight is 446 g/mol. The second kappa shape index (κ2) is 8.97. The van der Waals surface area contributed by atoms with Gasteiger partial charge >= 0.3 is 0 Å². The summed E-state index contributed by atoms with van der Waals surface area (Å²) in [6.07, 6.45) is 8.21. The van der Waals surface area contributed by atoms with Crippen molar-refractivity contribution in [3.8, 4) is 5.69 Å². The second-order valence-corrected chi connectivity index (χ2v) is 8.14. The molecule has 3 aromatic rings. The molecule has 1 amide bonds. The highest BCUT2D eigenvalue weighted by atomic mass is 35.5. The molecular formula is C20H21Cl2N7O. The Kier molecular flexibility index (Phi) is 6.15. The number of nitrogens with zero attached hydrogens (tertiary/aromatic N) is 6. The molecule has 0 aliphatic carbocycles. The van der Waals surface area contributed by atoms with E-state index in [9.17, 15) is 4.79 Å². The number of nitrogens with one attached hydrogen (secondary N) is 1. The van der Waals surface area contributed by atoms with E-state index in [-0.39, 0.29) is 11.9 Å². The van der Waals surface area contributed by atoms with E-state index >= 15 is 0 Å². The predicted molar refractivity (Wildman–Crippen MR) is 115 cm³/mol. The maximum absolute atomic E-state index is 13.6. The number of hydrogen-bond donors (Lipinski definition) is 1. The molecule has 1 fully saturated rings. The van der Waals surface area contributed by atoms with Gasteiger partial charge in [0, 0.05) is 18.1 Å². The first-order valence-electron chi connectivity index (χ1n) is 9.71. The van der Waals surface area contributed by atoms with E-state index in [0.29, 0.717) is 46.3 Å². The van der Waals surface area contributed by atoms with E-state index in [1.807, 2.05) is 4.90 Å². The fourth-order valence-corrected chi connectivity index (χ4v) is 4.02. The molecule has 3 heterocycles. The van der Waals surface area contributed by atoms with Crippen molar-refractivity contribution in [2.75, 3.05) is 18.4 Å². The Labute approximate surface area is 184 Å². The van der Waals surface area contributed by atoms with Crippen LogP contribution in [-0.2, 0) is 0 Å². The Morgan fingerprint density at radius 1 is 1.17 bits per heavy atom. The van der Waals surface area contributed by atoms with Gasteiger partial charge in [-0.25, -0.2) is 9.97 Å². The highest BCUT2D eigenvalue weighted by Gasteiger charge is 2.33. The molecule has 2 aromatic heterocycles. The molecule has 1 N–H and O–H groups in total. The van der Waals surface area contributed by atoms with E-state index < -0.39 is 0 Å². The SMILES string of the molecule is CC1CCCN(C(=O)c2ccc(Cl)cc2-n2nccn2)C1CNc1ncc(Cl)cn1. The lowest BCUT2D eigenvalue weighted by atomic mass is 9.90. The lowest BCUT2D eigenvalue weighted by molar-refractivity contribution is 0.0539. The first-order valence-corrected chi connectivity index (χ1v) is 10.5. The van der Waals surface area contributed by atoms with E-state index in [0.717, 1.165) is 12.8 Å². The Balaban J connectivity index is 1.59. The Hall–Kier alpha value is -2.71. The van der Waals surface area contributed by atoms with Gasteiger partial charge in [0.25, 0.3) is 5.91 Å². The summed E-state index contributed by atoms with van der Waals surface area (Å²) in [7, 11) is 0. The molecule has 4 rings (SSSR count). The van der Waals surface area contributed by atoms with Crippen LogP contribution in [0.3, 0.4) is 0 Å². The molecule has 0 radical (unpaired) electrons. The quantitative estimate of drug-likeness (QED) is 0.643. The molecular weight excluding hydrogens is 425 g/mol. The molecule has 0 saturated carbocycles. The summed E-state index contributed by atoms with van der Waals surface area (Å²) in [5, 5.41) is 12.6. The fourth-order valence-electron chi connectivity index (χ4n) is 3.76. The normalized spacial score (nSPS) is 19.0. The van der Waals surface area contributed by atoms with Gasteiger partial charge in [-0.2, -0.15) is 15.0 Å². The first kappa shape index (κ1) is 20.6.